The molecule has 1 saturated heterocycles. The number of nitrogens with zero attached hydrogens (tertiary/aromatic N) is 1. The predicted octanol–water partition coefficient (Wildman–Crippen LogP) is 1.36. The van der Waals surface area contributed by atoms with Crippen LogP contribution in [0.2, 0.25) is 0 Å². The number of rotatable bonds is 4. The van der Waals surface area contributed by atoms with Gasteiger partial charge in [-0.15, -0.1) is 0 Å². The summed E-state index contributed by atoms with van der Waals surface area (Å²) < 4.78 is 52.0. The molecule has 0 bridgehead atoms. The zero-order chi connectivity index (χ0) is 14.0. The molecule has 1 aliphatic rings. The van der Waals surface area contributed by atoms with Gasteiger partial charge >= 0.3 is 0 Å². The first-order valence-electron chi connectivity index (χ1n) is 6.01. The number of hydrogen-bond donors (Lipinski definition) is 1. The van der Waals surface area contributed by atoms with E-state index in [0.29, 0.717) is 25.5 Å². The standard InChI is InChI=1S/C12H15F2NO3S/c13-10-1-2-12(11(14)7-10)19(17,18)15-5-3-9(8-15)4-6-16/h1-2,7,9,16H,3-6,8H2. The van der Waals surface area contributed by atoms with Gasteiger partial charge in [0.05, 0.1) is 0 Å². The van der Waals surface area contributed by atoms with Gasteiger partial charge in [-0.25, -0.2) is 17.2 Å². The third-order valence-electron chi connectivity index (χ3n) is 3.30. The molecule has 1 aromatic carbocycles. The molecule has 106 valence electrons. The fraction of sp³-hybridized carbons (Fsp3) is 0.500. The Labute approximate surface area is 110 Å². The molecular formula is C12H15F2NO3S. The summed E-state index contributed by atoms with van der Waals surface area (Å²) in [6.45, 7) is 0.562. The van der Waals surface area contributed by atoms with Gasteiger partial charge < -0.3 is 5.11 Å². The molecule has 0 amide bonds. The highest BCUT2D eigenvalue weighted by Gasteiger charge is 2.33. The molecule has 0 aromatic heterocycles. The van der Waals surface area contributed by atoms with E-state index in [4.69, 9.17) is 5.11 Å². The Hall–Kier alpha value is -1.05. The van der Waals surface area contributed by atoms with E-state index in [-0.39, 0.29) is 19.1 Å². The molecule has 0 aliphatic carbocycles. The number of aliphatic hydroxyl groups is 1. The summed E-state index contributed by atoms with van der Waals surface area (Å²) in [4.78, 5) is -0.501. The summed E-state index contributed by atoms with van der Waals surface area (Å²) in [7, 11) is -3.93. The van der Waals surface area contributed by atoms with Gasteiger partial charge in [-0.05, 0) is 30.9 Å². The molecule has 1 unspecified atom stereocenters. The third-order valence-corrected chi connectivity index (χ3v) is 5.20. The van der Waals surface area contributed by atoms with Crippen molar-refractivity contribution in [1.82, 2.24) is 4.31 Å². The maximum absolute atomic E-state index is 13.6. The second kappa shape index (κ2) is 5.52. The summed E-state index contributed by atoms with van der Waals surface area (Å²) >= 11 is 0. The largest absolute Gasteiger partial charge is 0.396 e. The molecule has 7 heteroatoms. The molecule has 4 nitrogen and oxygen atoms in total. The molecule has 0 saturated carbocycles. The van der Waals surface area contributed by atoms with Gasteiger partial charge in [0.15, 0.2) is 0 Å². The van der Waals surface area contributed by atoms with E-state index in [1.165, 1.54) is 4.31 Å². The topological polar surface area (TPSA) is 57.6 Å². The van der Waals surface area contributed by atoms with Crippen LogP contribution in [-0.4, -0.2) is 37.5 Å². The van der Waals surface area contributed by atoms with Crippen molar-refractivity contribution in [1.29, 1.82) is 0 Å². The molecule has 2 rings (SSSR count). The van der Waals surface area contributed by atoms with Crippen LogP contribution in [0.25, 0.3) is 0 Å². The first kappa shape index (κ1) is 14.4. The van der Waals surface area contributed by atoms with Gasteiger partial charge in [0.2, 0.25) is 10.0 Å². The Bertz CT molecular complexity index is 562. The normalized spacial score (nSPS) is 20.9. The molecule has 1 aliphatic heterocycles. The number of aliphatic hydroxyl groups excluding tert-OH is 1. The lowest BCUT2D eigenvalue weighted by atomic mass is 10.1. The first-order chi connectivity index (χ1) is 8.95. The van der Waals surface area contributed by atoms with Gasteiger partial charge in [0.25, 0.3) is 0 Å². The van der Waals surface area contributed by atoms with Crippen molar-refractivity contribution in [2.24, 2.45) is 5.92 Å². The zero-order valence-corrected chi connectivity index (χ0v) is 11.0. The second-order valence-electron chi connectivity index (χ2n) is 4.60. The maximum Gasteiger partial charge on any atom is 0.245 e. The van der Waals surface area contributed by atoms with Crippen LogP contribution >= 0.6 is 0 Å². The maximum atomic E-state index is 13.6. The minimum atomic E-state index is -3.93. The summed E-state index contributed by atoms with van der Waals surface area (Å²) in [5.41, 5.74) is 0. The van der Waals surface area contributed by atoms with Crippen LogP contribution in [0.3, 0.4) is 0 Å². The van der Waals surface area contributed by atoms with Crippen molar-refractivity contribution >= 4 is 10.0 Å². The van der Waals surface area contributed by atoms with Crippen LogP contribution in [0.1, 0.15) is 12.8 Å². The van der Waals surface area contributed by atoms with E-state index in [1.54, 1.807) is 0 Å². The van der Waals surface area contributed by atoms with Crippen LogP contribution in [0.4, 0.5) is 8.78 Å². The van der Waals surface area contributed by atoms with E-state index in [1.807, 2.05) is 0 Å². The van der Waals surface area contributed by atoms with Crippen LogP contribution in [0.5, 0.6) is 0 Å². The third kappa shape index (κ3) is 2.93. The Morgan fingerprint density at radius 3 is 2.74 bits per heavy atom. The van der Waals surface area contributed by atoms with Gasteiger partial charge in [0, 0.05) is 25.8 Å². The van der Waals surface area contributed by atoms with E-state index in [2.05, 4.69) is 0 Å². The molecule has 0 radical (unpaired) electrons. The Kier molecular flexibility index (Phi) is 4.17. The molecular weight excluding hydrogens is 276 g/mol. The van der Waals surface area contributed by atoms with Crippen LogP contribution < -0.4 is 0 Å². The molecule has 19 heavy (non-hydrogen) atoms. The highest BCUT2D eigenvalue weighted by atomic mass is 32.2. The molecule has 1 aromatic rings. The minimum absolute atomic E-state index is 0.00344. The van der Waals surface area contributed by atoms with Crippen LogP contribution in [0, 0.1) is 17.6 Å². The second-order valence-corrected chi connectivity index (χ2v) is 6.51. The summed E-state index contributed by atoms with van der Waals surface area (Å²) in [6, 6.07) is 2.44. The van der Waals surface area contributed by atoms with Crippen molar-refractivity contribution in [2.75, 3.05) is 19.7 Å². The van der Waals surface area contributed by atoms with Crippen molar-refractivity contribution in [3.8, 4) is 0 Å². The van der Waals surface area contributed by atoms with E-state index in [0.717, 1.165) is 12.1 Å². The van der Waals surface area contributed by atoms with Crippen LogP contribution in [-0.2, 0) is 10.0 Å². The Morgan fingerprint density at radius 2 is 2.11 bits per heavy atom. The zero-order valence-electron chi connectivity index (χ0n) is 10.2. The number of sulfonamides is 1. The number of benzene rings is 1. The average molecular weight is 291 g/mol. The Morgan fingerprint density at radius 1 is 1.37 bits per heavy atom. The summed E-state index contributed by atoms with van der Waals surface area (Å²) in [5, 5.41) is 8.84. The minimum Gasteiger partial charge on any atom is -0.396 e. The smallest absolute Gasteiger partial charge is 0.245 e. The monoisotopic (exact) mass is 291 g/mol. The molecule has 1 atom stereocenters. The van der Waals surface area contributed by atoms with Crippen molar-refractivity contribution < 1.29 is 22.3 Å². The van der Waals surface area contributed by atoms with Crippen molar-refractivity contribution in [2.45, 2.75) is 17.7 Å². The van der Waals surface area contributed by atoms with E-state index >= 15 is 0 Å². The molecule has 0 spiro atoms. The van der Waals surface area contributed by atoms with Gasteiger partial charge in [0.1, 0.15) is 16.5 Å². The molecule has 1 N–H and O–H groups in total. The summed E-state index contributed by atoms with van der Waals surface area (Å²) in [5.74, 6) is -1.80. The fourth-order valence-electron chi connectivity index (χ4n) is 2.26. The fourth-order valence-corrected chi connectivity index (χ4v) is 3.83. The lowest BCUT2D eigenvalue weighted by Gasteiger charge is -2.17. The van der Waals surface area contributed by atoms with Crippen LogP contribution in [0.15, 0.2) is 23.1 Å². The molecule has 1 fully saturated rings. The molecule has 1 heterocycles. The number of halogens is 2. The van der Waals surface area contributed by atoms with Gasteiger partial charge in [-0.3, -0.25) is 0 Å². The number of hydrogen-bond acceptors (Lipinski definition) is 3. The van der Waals surface area contributed by atoms with Gasteiger partial charge in [-0.2, -0.15) is 4.31 Å². The van der Waals surface area contributed by atoms with Crippen molar-refractivity contribution in [3.63, 3.8) is 0 Å². The van der Waals surface area contributed by atoms with E-state index in [9.17, 15) is 17.2 Å². The lowest BCUT2D eigenvalue weighted by molar-refractivity contribution is 0.259. The quantitative estimate of drug-likeness (QED) is 0.911. The van der Waals surface area contributed by atoms with Crippen molar-refractivity contribution in [3.05, 3.63) is 29.8 Å². The summed E-state index contributed by atoms with van der Waals surface area (Å²) in [6.07, 6.45) is 1.17. The van der Waals surface area contributed by atoms with Gasteiger partial charge in [-0.1, -0.05) is 0 Å². The highest BCUT2D eigenvalue weighted by Crippen LogP contribution is 2.27. The predicted molar refractivity (Wildman–Crippen MR) is 64.9 cm³/mol. The highest BCUT2D eigenvalue weighted by molar-refractivity contribution is 7.89. The SMILES string of the molecule is O=S(=O)(c1ccc(F)cc1F)N1CCC(CCO)C1. The average Bonchev–Trinajstić information content (AvgIpc) is 2.78. The Balaban J connectivity index is 2.23. The lowest BCUT2D eigenvalue weighted by Crippen LogP contribution is -2.29. The van der Waals surface area contributed by atoms with E-state index < -0.39 is 26.6 Å². The first-order valence-corrected chi connectivity index (χ1v) is 7.45.